The number of rotatable bonds is 6. The number of hydrogen-bond donors (Lipinski definition) is 0. The number of unbranched alkanes of at least 4 members (excludes halogenated alkanes) is 2. The Balaban J connectivity index is 2.07. The maximum atomic E-state index is 5.48. The molecule has 1 aromatic rings. The van der Waals surface area contributed by atoms with Crippen molar-refractivity contribution in [2.24, 2.45) is 0 Å². The maximum absolute atomic E-state index is 5.48. The SMILES string of the molecule is BrCCCCCOc1[c]cccc1. The molecule has 2 heteroatoms. The monoisotopic (exact) mass is 241 g/mol. The highest BCUT2D eigenvalue weighted by molar-refractivity contribution is 9.09. The number of hydrogen-bond acceptors (Lipinski definition) is 1. The molecule has 0 fully saturated rings. The Morgan fingerprint density at radius 1 is 1.23 bits per heavy atom. The number of benzene rings is 1. The highest BCUT2D eigenvalue weighted by atomic mass is 79.9. The van der Waals surface area contributed by atoms with E-state index in [0.29, 0.717) is 0 Å². The summed E-state index contributed by atoms with van der Waals surface area (Å²) in [5, 5.41) is 1.09. The predicted octanol–water partition coefficient (Wildman–Crippen LogP) is 3.43. The fraction of sp³-hybridized carbons (Fsp3) is 0.455. The smallest absolute Gasteiger partial charge is 0.127 e. The molecule has 0 spiro atoms. The van der Waals surface area contributed by atoms with Gasteiger partial charge in [0.1, 0.15) is 5.75 Å². The van der Waals surface area contributed by atoms with Crippen LogP contribution in [0.2, 0.25) is 0 Å². The minimum atomic E-state index is 0.799. The highest BCUT2D eigenvalue weighted by Gasteiger charge is 1.91. The van der Waals surface area contributed by atoms with Gasteiger partial charge in [-0.3, -0.25) is 0 Å². The van der Waals surface area contributed by atoms with E-state index in [0.717, 1.165) is 24.1 Å². The van der Waals surface area contributed by atoms with Crippen molar-refractivity contribution >= 4 is 15.9 Å². The first-order valence-electron chi connectivity index (χ1n) is 4.59. The van der Waals surface area contributed by atoms with Crippen molar-refractivity contribution in [3.63, 3.8) is 0 Å². The first-order valence-corrected chi connectivity index (χ1v) is 5.71. The second-order valence-corrected chi connectivity index (χ2v) is 3.62. The lowest BCUT2D eigenvalue weighted by atomic mass is 10.3. The summed E-state index contributed by atoms with van der Waals surface area (Å²) >= 11 is 3.40. The highest BCUT2D eigenvalue weighted by Crippen LogP contribution is 2.08. The first kappa shape index (κ1) is 10.6. The van der Waals surface area contributed by atoms with Crippen LogP contribution in [0.5, 0.6) is 5.75 Å². The van der Waals surface area contributed by atoms with Crippen LogP contribution in [-0.2, 0) is 0 Å². The molecule has 0 unspecified atom stereocenters. The second kappa shape index (κ2) is 6.96. The van der Waals surface area contributed by atoms with Gasteiger partial charge in [0.05, 0.1) is 6.61 Å². The molecule has 0 aromatic heterocycles. The summed E-state index contributed by atoms with van der Waals surface area (Å²) in [5.74, 6) is 0.848. The maximum Gasteiger partial charge on any atom is 0.127 e. The quantitative estimate of drug-likeness (QED) is 0.548. The van der Waals surface area contributed by atoms with Crippen molar-refractivity contribution in [1.29, 1.82) is 0 Å². The third-order valence-corrected chi connectivity index (χ3v) is 2.28. The molecule has 71 valence electrons. The van der Waals surface area contributed by atoms with Crippen molar-refractivity contribution in [3.05, 3.63) is 30.3 Å². The van der Waals surface area contributed by atoms with Crippen LogP contribution in [0.25, 0.3) is 0 Å². The fourth-order valence-electron chi connectivity index (χ4n) is 1.02. The number of halogens is 1. The minimum absolute atomic E-state index is 0.799. The largest absolute Gasteiger partial charge is 0.493 e. The minimum Gasteiger partial charge on any atom is -0.493 e. The molecule has 1 rings (SSSR count). The third kappa shape index (κ3) is 4.94. The van der Waals surface area contributed by atoms with Gasteiger partial charge >= 0.3 is 0 Å². The normalized spacial score (nSPS) is 9.92. The fourth-order valence-corrected chi connectivity index (χ4v) is 1.42. The number of ether oxygens (including phenoxy) is 1. The molecule has 0 aliphatic heterocycles. The summed E-state index contributed by atoms with van der Waals surface area (Å²) in [6, 6.07) is 10.7. The zero-order chi connectivity index (χ0) is 9.36. The second-order valence-electron chi connectivity index (χ2n) is 2.82. The average Bonchev–Trinajstić information content (AvgIpc) is 2.19. The summed E-state index contributed by atoms with van der Waals surface area (Å²) in [7, 11) is 0. The van der Waals surface area contributed by atoms with Crippen molar-refractivity contribution in [2.75, 3.05) is 11.9 Å². The van der Waals surface area contributed by atoms with Crippen molar-refractivity contribution in [2.45, 2.75) is 19.3 Å². The molecule has 0 amide bonds. The molecule has 0 N–H and O–H groups in total. The van der Waals surface area contributed by atoms with Crippen LogP contribution in [0.15, 0.2) is 24.3 Å². The standard InChI is InChI=1S/C11H14BrO/c12-9-5-2-6-10-13-11-7-3-1-4-8-11/h1,3-4,7H,2,5-6,9-10H2. The molecule has 0 saturated heterocycles. The Labute approximate surface area is 88.2 Å². The van der Waals surface area contributed by atoms with Gasteiger partial charge in [-0.05, 0) is 25.3 Å². The molecule has 0 heterocycles. The molecular formula is C11H14BrO. The molecule has 0 bridgehead atoms. The number of alkyl halides is 1. The summed E-state index contributed by atoms with van der Waals surface area (Å²) in [6.45, 7) is 0.799. The molecule has 0 atom stereocenters. The lowest BCUT2D eigenvalue weighted by molar-refractivity contribution is 0.306. The van der Waals surface area contributed by atoms with Crippen LogP contribution < -0.4 is 4.74 Å². The molecule has 0 aliphatic rings. The van der Waals surface area contributed by atoms with Gasteiger partial charge in [0, 0.05) is 11.4 Å². The van der Waals surface area contributed by atoms with Gasteiger partial charge in [0.2, 0.25) is 0 Å². The lowest BCUT2D eigenvalue weighted by Gasteiger charge is -2.04. The van der Waals surface area contributed by atoms with Crippen molar-refractivity contribution < 1.29 is 4.74 Å². The Morgan fingerprint density at radius 2 is 2.15 bits per heavy atom. The summed E-state index contributed by atoms with van der Waals surface area (Å²) < 4.78 is 5.48. The summed E-state index contributed by atoms with van der Waals surface area (Å²) in [5.41, 5.74) is 0. The molecule has 0 saturated carbocycles. The lowest BCUT2D eigenvalue weighted by Crippen LogP contribution is -1.97. The van der Waals surface area contributed by atoms with Crippen LogP contribution in [0, 0.1) is 6.07 Å². The molecule has 13 heavy (non-hydrogen) atoms. The van der Waals surface area contributed by atoms with Gasteiger partial charge < -0.3 is 4.74 Å². The van der Waals surface area contributed by atoms with Crippen LogP contribution in [-0.4, -0.2) is 11.9 Å². The zero-order valence-corrected chi connectivity index (χ0v) is 9.22. The topological polar surface area (TPSA) is 9.23 Å². The predicted molar refractivity (Wildman–Crippen MR) is 58.4 cm³/mol. The third-order valence-electron chi connectivity index (χ3n) is 1.72. The van der Waals surface area contributed by atoms with Gasteiger partial charge in [0.25, 0.3) is 0 Å². The molecule has 0 aliphatic carbocycles. The average molecular weight is 242 g/mol. The molecule has 1 nitrogen and oxygen atoms in total. The molecular weight excluding hydrogens is 228 g/mol. The van der Waals surface area contributed by atoms with Gasteiger partial charge in [-0.2, -0.15) is 0 Å². The van der Waals surface area contributed by atoms with Crippen LogP contribution in [0.3, 0.4) is 0 Å². The van der Waals surface area contributed by atoms with Gasteiger partial charge in [-0.1, -0.05) is 34.1 Å². The van der Waals surface area contributed by atoms with E-state index in [1.54, 1.807) is 0 Å². The van der Waals surface area contributed by atoms with E-state index in [-0.39, 0.29) is 0 Å². The van der Waals surface area contributed by atoms with Crippen molar-refractivity contribution in [3.8, 4) is 5.75 Å². The van der Waals surface area contributed by atoms with Gasteiger partial charge in [0.15, 0.2) is 0 Å². The van der Waals surface area contributed by atoms with E-state index < -0.39 is 0 Å². The summed E-state index contributed by atoms with van der Waals surface area (Å²) in [6.07, 6.45) is 3.56. The van der Waals surface area contributed by atoms with E-state index in [2.05, 4.69) is 22.0 Å². The Bertz CT molecular complexity index is 211. The van der Waals surface area contributed by atoms with E-state index in [1.165, 1.54) is 12.8 Å². The van der Waals surface area contributed by atoms with Gasteiger partial charge in [-0.15, -0.1) is 0 Å². The molecule has 1 radical (unpaired) electrons. The van der Waals surface area contributed by atoms with E-state index in [9.17, 15) is 0 Å². The number of para-hydroxylation sites is 1. The molecule has 1 aromatic carbocycles. The van der Waals surface area contributed by atoms with Gasteiger partial charge in [-0.25, -0.2) is 0 Å². The van der Waals surface area contributed by atoms with Crippen LogP contribution in [0.4, 0.5) is 0 Å². The van der Waals surface area contributed by atoms with Crippen LogP contribution in [0.1, 0.15) is 19.3 Å². The van der Waals surface area contributed by atoms with E-state index in [4.69, 9.17) is 4.74 Å². The first-order chi connectivity index (χ1) is 6.43. The Hall–Kier alpha value is -0.500. The van der Waals surface area contributed by atoms with Crippen molar-refractivity contribution in [1.82, 2.24) is 0 Å². The zero-order valence-electron chi connectivity index (χ0n) is 7.63. The van der Waals surface area contributed by atoms with Crippen LogP contribution >= 0.6 is 15.9 Å². The summed E-state index contributed by atoms with van der Waals surface area (Å²) in [4.78, 5) is 0. The Kier molecular flexibility index (Phi) is 5.66. The Morgan fingerprint density at radius 3 is 2.85 bits per heavy atom. The van der Waals surface area contributed by atoms with E-state index in [1.807, 2.05) is 24.3 Å². The van der Waals surface area contributed by atoms with E-state index >= 15 is 0 Å².